The van der Waals surface area contributed by atoms with E-state index in [4.69, 9.17) is 4.74 Å². The van der Waals surface area contributed by atoms with Gasteiger partial charge in [-0.3, -0.25) is 9.59 Å². The molecule has 2 aromatic carbocycles. The fourth-order valence-electron chi connectivity index (χ4n) is 2.83. The summed E-state index contributed by atoms with van der Waals surface area (Å²) in [6.45, 7) is 2.70. The van der Waals surface area contributed by atoms with Crippen LogP contribution in [0.3, 0.4) is 0 Å². The summed E-state index contributed by atoms with van der Waals surface area (Å²) in [5.74, 6) is 0.545. The number of hydrogen-bond donors (Lipinski definition) is 1. The molecule has 1 aliphatic heterocycles. The van der Waals surface area contributed by atoms with Crippen LogP contribution in [0.2, 0.25) is 0 Å². The first-order valence-electron chi connectivity index (χ1n) is 7.95. The van der Waals surface area contributed by atoms with E-state index in [9.17, 15) is 9.59 Å². The molecule has 0 bridgehead atoms. The molecule has 1 fully saturated rings. The molecule has 1 N–H and O–H groups in total. The van der Waals surface area contributed by atoms with Crippen LogP contribution in [0.5, 0.6) is 5.75 Å². The van der Waals surface area contributed by atoms with E-state index < -0.39 is 0 Å². The first-order valence-corrected chi connectivity index (χ1v) is 7.95. The number of ether oxygens (including phenoxy) is 1. The van der Waals surface area contributed by atoms with Crippen LogP contribution in [0.15, 0.2) is 42.5 Å². The number of rotatable bonds is 4. The number of nitrogens with zero attached hydrogens (tertiary/aromatic N) is 1. The van der Waals surface area contributed by atoms with Gasteiger partial charge in [0.15, 0.2) is 0 Å². The van der Waals surface area contributed by atoms with Crippen LogP contribution < -0.4 is 15.0 Å². The van der Waals surface area contributed by atoms with Crippen LogP contribution in [0.1, 0.15) is 28.8 Å². The average Bonchev–Trinajstić information content (AvgIpc) is 3.01. The molecule has 0 aromatic heterocycles. The van der Waals surface area contributed by atoms with Crippen molar-refractivity contribution in [3.8, 4) is 5.75 Å². The van der Waals surface area contributed by atoms with Crippen LogP contribution in [-0.2, 0) is 4.79 Å². The maximum Gasteiger partial charge on any atom is 0.255 e. The van der Waals surface area contributed by atoms with Crippen molar-refractivity contribution in [3.05, 3.63) is 53.6 Å². The molecule has 2 aromatic rings. The number of benzene rings is 2. The predicted octanol–water partition coefficient (Wildman–Crippen LogP) is 3.38. The van der Waals surface area contributed by atoms with Gasteiger partial charge in [0.2, 0.25) is 5.91 Å². The Balaban J connectivity index is 1.76. The lowest BCUT2D eigenvalue weighted by Gasteiger charge is -2.16. The van der Waals surface area contributed by atoms with Crippen molar-refractivity contribution in [1.82, 2.24) is 0 Å². The smallest absolute Gasteiger partial charge is 0.255 e. The zero-order valence-electron chi connectivity index (χ0n) is 13.8. The summed E-state index contributed by atoms with van der Waals surface area (Å²) in [7, 11) is 1.57. The highest BCUT2D eigenvalue weighted by Crippen LogP contribution is 2.26. The topological polar surface area (TPSA) is 58.6 Å². The van der Waals surface area contributed by atoms with Crippen LogP contribution >= 0.6 is 0 Å². The highest BCUT2D eigenvalue weighted by Gasteiger charge is 2.21. The van der Waals surface area contributed by atoms with Crippen LogP contribution in [0, 0.1) is 6.92 Å². The second kappa shape index (κ2) is 6.74. The highest BCUT2D eigenvalue weighted by atomic mass is 16.5. The number of hydrogen-bond acceptors (Lipinski definition) is 3. The molecule has 0 unspecified atom stereocenters. The van der Waals surface area contributed by atoms with E-state index in [-0.39, 0.29) is 11.8 Å². The minimum absolute atomic E-state index is 0.136. The molecular formula is C19H20N2O3. The van der Waals surface area contributed by atoms with Crippen LogP contribution in [0.4, 0.5) is 11.4 Å². The number of carbonyl (C=O) groups excluding carboxylic acids is 2. The minimum Gasteiger partial charge on any atom is -0.495 e. The first kappa shape index (κ1) is 16.1. The lowest BCUT2D eigenvalue weighted by molar-refractivity contribution is -0.117. The van der Waals surface area contributed by atoms with Crippen molar-refractivity contribution in [2.75, 3.05) is 23.9 Å². The largest absolute Gasteiger partial charge is 0.495 e. The monoisotopic (exact) mass is 324 g/mol. The number of aryl methyl sites for hydroxylation is 1. The van der Waals surface area contributed by atoms with Gasteiger partial charge in [0.1, 0.15) is 5.75 Å². The van der Waals surface area contributed by atoms with Crippen molar-refractivity contribution in [2.24, 2.45) is 0 Å². The van der Waals surface area contributed by atoms with E-state index in [1.807, 2.05) is 37.3 Å². The SMILES string of the molecule is COc1ccc(C)cc1NC(=O)c1ccc(N2CCCC2=O)cc1. The number of nitrogens with one attached hydrogen (secondary N) is 1. The normalized spacial score (nSPS) is 13.9. The molecule has 124 valence electrons. The lowest BCUT2D eigenvalue weighted by Crippen LogP contribution is -2.23. The fraction of sp³-hybridized carbons (Fsp3) is 0.263. The van der Waals surface area contributed by atoms with E-state index in [0.717, 1.165) is 24.2 Å². The number of anilines is 2. The second-order valence-corrected chi connectivity index (χ2v) is 5.85. The molecule has 0 atom stereocenters. The third kappa shape index (κ3) is 3.25. The van der Waals surface area contributed by atoms with Gasteiger partial charge in [0.25, 0.3) is 5.91 Å². The number of amides is 2. The summed E-state index contributed by atoms with van der Waals surface area (Å²) < 4.78 is 5.28. The lowest BCUT2D eigenvalue weighted by atomic mass is 10.1. The van der Waals surface area contributed by atoms with Crippen LogP contribution in [0.25, 0.3) is 0 Å². The Labute approximate surface area is 141 Å². The molecule has 1 aliphatic rings. The fourth-order valence-corrected chi connectivity index (χ4v) is 2.83. The maximum atomic E-state index is 12.4. The Morgan fingerprint density at radius 3 is 2.54 bits per heavy atom. The summed E-state index contributed by atoms with van der Waals surface area (Å²) in [6, 6.07) is 12.7. The van der Waals surface area contributed by atoms with E-state index >= 15 is 0 Å². The van der Waals surface area contributed by atoms with Crippen molar-refractivity contribution in [3.63, 3.8) is 0 Å². The van der Waals surface area contributed by atoms with Crippen molar-refractivity contribution < 1.29 is 14.3 Å². The third-order valence-corrected chi connectivity index (χ3v) is 4.12. The van der Waals surface area contributed by atoms with Gasteiger partial charge in [0, 0.05) is 24.2 Å². The van der Waals surface area contributed by atoms with E-state index in [1.54, 1.807) is 24.1 Å². The zero-order chi connectivity index (χ0) is 17.1. The summed E-state index contributed by atoms with van der Waals surface area (Å²) in [5.41, 5.74) is 3.05. The average molecular weight is 324 g/mol. The van der Waals surface area contributed by atoms with E-state index in [1.165, 1.54) is 0 Å². The minimum atomic E-state index is -0.210. The molecule has 2 amide bonds. The van der Waals surface area contributed by atoms with E-state index in [2.05, 4.69) is 5.32 Å². The Morgan fingerprint density at radius 2 is 1.92 bits per heavy atom. The van der Waals surface area contributed by atoms with Gasteiger partial charge in [-0.2, -0.15) is 0 Å². The molecule has 1 saturated heterocycles. The Kier molecular flexibility index (Phi) is 4.51. The van der Waals surface area contributed by atoms with Gasteiger partial charge >= 0.3 is 0 Å². The van der Waals surface area contributed by atoms with Gasteiger partial charge in [-0.1, -0.05) is 6.07 Å². The summed E-state index contributed by atoms with van der Waals surface area (Å²) in [6.07, 6.45) is 1.48. The molecule has 24 heavy (non-hydrogen) atoms. The van der Waals surface area contributed by atoms with Crippen molar-refractivity contribution in [2.45, 2.75) is 19.8 Å². The quantitative estimate of drug-likeness (QED) is 0.938. The third-order valence-electron chi connectivity index (χ3n) is 4.12. The molecule has 0 spiro atoms. The van der Waals surface area contributed by atoms with Gasteiger partial charge < -0.3 is 15.0 Å². The molecular weight excluding hydrogens is 304 g/mol. The van der Waals surface area contributed by atoms with Crippen molar-refractivity contribution in [1.29, 1.82) is 0 Å². The number of carbonyl (C=O) groups is 2. The van der Waals surface area contributed by atoms with Crippen LogP contribution in [-0.4, -0.2) is 25.5 Å². The summed E-state index contributed by atoms with van der Waals surface area (Å²) in [5, 5.41) is 2.87. The van der Waals surface area contributed by atoms with E-state index in [0.29, 0.717) is 23.4 Å². The molecule has 0 saturated carbocycles. The van der Waals surface area contributed by atoms with Gasteiger partial charge in [-0.15, -0.1) is 0 Å². The zero-order valence-corrected chi connectivity index (χ0v) is 13.8. The standard InChI is InChI=1S/C19H20N2O3/c1-13-5-10-17(24-2)16(12-13)20-19(23)14-6-8-15(9-7-14)21-11-3-4-18(21)22/h5-10,12H,3-4,11H2,1-2H3,(H,20,23). The second-order valence-electron chi connectivity index (χ2n) is 5.85. The van der Waals surface area contributed by atoms with Crippen molar-refractivity contribution >= 4 is 23.2 Å². The summed E-state index contributed by atoms with van der Waals surface area (Å²) >= 11 is 0. The first-order chi connectivity index (χ1) is 11.6. The molecule has 5 heteroatoms. The van der Waals surface area contributed by atoms with Gasteiger partial charge in [-0.05, 0) is 55.3 Å². The Hall–Kier alpha value is -2.82. The molecule has 0 radical (unpaired) electrons. The summed E-state index contributed by atoms with van der Waals surface area (Å²) in [4.78, 5) is 26.0. The molecule has 3 rings (SSSR count). The highest BCUT2D eigenvalue weighted by molar-refractivity contribution is 6.05. The molecule has 1 heterocycles. The Bertz CT molecular complexity index is 769. The maximum absolute atomic E-state index is 12.4. The van der Waals surface area contributed by atoms with Gasteiger partial charge in [-0.25, -0.2) is 0 Å². The molecule has 0 aliphatic carbocycles. The molecule has 5 nitrogen and oxygen atoms in total. The number of methoxy groups -OCH3 is 1. The van der Waals surface area contributed by atoms with Gasteiger partial charge in [0.05, 0.1) is 12.8 Å². The Morgan fingerprint density at radius 1 is 1.17 bits per heavy atom. The predicted molar refractivity (Wildman–Crippen MR) is 93.7 cm³/mol.